The van der Waals surface area contributed by atoms with E-state index in [-0.39, 0.29) is 24.4 Å². The maximum atomic E-state index is 11.7. The summed E-state index contributed by atoms with van der Waals surface area (Å²) in [5, 5.41) is 2.76. The lowest BCUT2D eigenvalue weighted by atomic mass is 10.1. The maximum absolute atomic E-state index is 11.7. The first-order valence-electron chi connectivity index (χ1n) is 4.80. The number of amides is 2. The fraction of sp³-hybridized carbons (Fsp3) is 0.778. The number of hydrogen-bond acceptors (Lipinski definition) is 2. The van der Waals surface area contributed by atoms with Crippen molar-refractivity contribution in [2.75, 3.05) is 13.1 Å². The van der Waals surface area contributed by atoms with Crippen LogP contribution in [0.1, 0.15) is 19.8 Å². The Balaban J connectivity index is 2.09. The summed E-state index contributed by atoms with van der Waals surface area (Å²) in [5.74, 6) is 0.494. The van der Waals surface area contributed by atoms with Gasteiger partial charge in [-0.25, -0.2) is 0 Å². The summed E-state index contributed by atoms with van der Waals surface area (Å²) in [5.41, 5.74) is 0. The first kappa shape index (κ1) is 8.53. The van der Waals surface area contributed by atoms with Gasteiger partial charge in [-0.2, -0.15) is 0 Å². The Morgan fingerprint density at radius 2 is 2.15 bits per heavy atom. The largest absolute Gasteiger partial charge is 0.342 e. The summed E-state index contributed by atoms with van der Waals surface area (Å²) in [6.07, 6.45) is 2.16. The molecule has 1 heterocycles. The van der Waals surface area contributed by atoms with Crippen LogP contribution >= 0.6 is 0 Å². The molecule has 1 saturated carbocycles. The number of piperazine rings is 1. The number of hydrogen-bond donors (Lipinski definition) is 1. The van der Waals surface area contributed by atoms with E-state index in [1.165, 1.54) is 0 Å². The lowest BCUT2D eigenvalue weighted by Crippen LogP contribution is -2.58. The van der Waals surface area contributed by atoms with Crippen LogP contribution in [0.15, 0.2) is 0 Å². The van der Waals surface area contributed by atoms with Crippen molar-refractivity contribution in [1.82, 2.24) is 10.2 Å². The Kier molecular flexibility index (Phi) is 1.98. The molecule has 1 aliphatic carbocycles. The maximum Gasteiger partial charge on any atom is 0.245 e. The molecule has 2 rings (SSSR count). The molecule has 0 bridgehead atoms. The van der Waals surface area contributed by atoms with E-state index in [0.29, 0.717) is 12.5 Å². The quantitative estimate of drug-likeness (QED) is 0.640. The first-order chi connectivity index (χ1) is 6.22. The van der Waals surface area contributed by atoms with Crippen molar-refractivity contribution in [3.63, 3.8) is 0 Å². The van der Waals surface area contributed by atoms with E-state index in [2.05, 4.69) is 5.32 Å². The Hall–Kier alpha value is -1.06. The highest BCUT2D eigenvalue weighted by atomic mass is 16.2. The van der Waals surface area contributed by atoms with Gasteiger partial charge in [0, 0.05) is 6.54 Å². The molecule has 0 aromatic rings. The summed E-state index contributed by atoms with van der Waals surface area (Å²) >= 11 is 0. The number of nitrogens with one attached hydrogen (secondary N) is 1. The van der Waals surface area contributed by atoms with Gasteiger partial charge in [-0.3, -0.25) is 9.59 Å². The van der Waals surface area contributed by atoms with E-state index < -0.39 is 0 Å². The molecule has 0 aromatic heterocycles. The molecule has 13 heavy (non-hydrogen) atoms. The van der Waals surface area contributed by atoms with Crippen LogP contribution in [0.5, 0.6) is 0 Å². The van der Waals surface area contributed by atoms with Crippen LogP contribution in [0.25, 0.3) is 0 Å². The molecule has 2 fully saturated rings. The predicted octanol–water partition coefficient (Wildman–Crippen LogP) is -0.257. The van der Waals surface area contributed by atoms with E-state index in [1.807, 2.05) is 6.92 Å². The van der Waals surface area contributed by atoms with E-state index in [4.69, 9.17) is 0 Å². The van der Waals surface area contributed by atoms with Crippen LogP contribution in [0.4, 0.5) is 0 Å². The van der Waals surface area contributed by atoms with Crippen molar-refractivity contribution in [2.45, 2.75) is 25.8 Å². The zero-order chi connectivity index (χ0) is 9.42. The summed E-state index contributed by atoms with van der Waals surface area (Å²) in [6.45, 7) is 2.77. The lowest BCUT2D eigenvalue weighted by molar-refractivity contribution is -0.144. The van der Waals surface area contributed by atoms with Gasteiger partial charge in [-0.1, -0.05) is 0 Å². The Morgan fingerprint density at radius 3 is 2.69 bits per heavy atom. The van der Waals surface area contributed by atoms with Gasteiger partial charge in [0.25, 0.3) is 0 Å². The van der Waals surface area contributed by atoms with Crippen molar-refractivity contribution in [3.05, 3.63) is 0 Å². The third kappa shape index (κ3) is 1.53. The van der Waals surface area contributed by atoms with Crippen LogP contribution < -0.4 is 5.32 Å². The second-order valence-electron chi connectivity index (χ2n) is 3.74. The topological polar surface area (TPSA) is 49.4 Å². The van der Waals surface area contributed by atoms with Crippen LogP contribution in [0, 0.1) is 5.92 Å². The number of carbonyl (C=O) groups is 2. The average molecular weight is 182 g/mol. The molecule has 4 heteroatoms. The molecular weight excluding hydrogens is 168 g/mol. The third-order valence-corrected chi connectivity index (χ3v) is 2.70. The van der Waals surface area contributed by atoms with Gasteiger partial charge in [0.1, 0.15) is 6.04 Å². The molecule has 1 unspecified atom stereocenters. The Morgan fingerprint density at radius 1 is 1.46 bits per heavy atom. The average Bonchev–Trinajstić information content (AvgIpc) is 2.91. The van der Waals surface area contributed by atoms with Crippen molar-refractivity contribution < 1.29 is 9.59 Å². The number of nitrogens with zero attached hydrogens (tertiary/aromatic N) is 1. The number of likely N-dealkylation sites (N-methyl/N-ethyl adjacent to an activating group) is 1. The minimum absolute atomic E-state index is 0.0154. The molecule has 72 valence electrons. The fourth-order valence-electron chi connectivity index (χ4n) is 1.75. The van der Waals surface area contributed by atoms with Crippen molar-refractivity contribution >= 4 is 11.8 Å². The van der Waals surface area contributed by atoms with Crippen LogP contribution in [-0.2, 0) is 9.59 Å². The van der Waals surface area contributed by atoms with Gasteiger partial charge in [-0.15, -0.1) is 0 Å². The summed E-state index contributed by atoms with van der Waals surface area (Å²) in [4.78, 5) is 24.5. The molecule has 0 spiro atoms. The summed E-state index contributed by atoms with van der Waals surface area (Å²) in [7, 11) is 0. The molecule has 4 nitrogen and oxygen atoms in total. The van der Waals surface area contributed by atoms with Crippen molar-refractivity contribution in [1.29, 1.82) is 0 Å². The molecule has 1 saturated heterocycles. The number of carbonyl (C=O) groups excluding carboxylic acids is 2. The van der Waals surface area contributed by atoms with E-state index in [9.17, 15) is 9.59 Å². The van der Waals surface area contributed by atoms with Crippen LogP contribution in [-0.4, -0.2) is 35.8 Å². The van der Waals surface area contributed by atoms with Crippen LogP contribution in [0.2, 0.25) is 0 Å². The van der Waals surface area contributed by atoms with Gasteiger partial charge in [0.2, 0.25) is 11.8 Å². The van der Waals surface area contributed by atoms with Gasteiger partial charge < -0.3 is 10.2 Å². The molecule has 0 radical (unpaired) electrons. The van der Waals surface area contributed by atoms with Crippen molar-refractivity contribution in [2.24, 2.45) is 5.92 Å². The highest BCUT2D eigenvalue weighted by molar-refractivity contribution is 5.95. The molecule has 2 amide bonds. The minimum atomic E-state index is -0.221. The number of rotatable bonds is 2. The van der Waals surface area contributed by atoms with Gasteiger partial charge >= 0.3 is 0 Å². The first-order valence-corrected chi connectivity index (χ1v) is 4.80. The molecule has 2 aliphatic rings. The smallest absolute Gasteiger partial charge is 0.245 e. The SMILES string of the molecule is CCN1CC(=O)NC(C2CC2)C1=O. The van der Waals surface area contributed by atoms with E-state index in [0.717, 1.165) is 12.8 Å². The Labute approximate surface area is 77.3 Å². The Bertz CT molecular complexity index is 248. The summed E-state index contributed by atoms with van der Waals surface area (Å²) in [6, 6.07) is -0.221. The monoisotopic (exact) mass is 182 g/mol. The molecule has 0 aromatic carbocycles. The van der Waals surface area contributed by atoms with Crippen molar-refractivity contribution in [3.8, 4) is 0 Å². The minimum Gasteiger partial charge on any atom is -0.342 e. The van der Waals surface area contributed by atoms with Gasteiger partial charge in [0.15, 0.2) is 0 Å². The molecule has 1 N–H and O–H groups in total. The van der Waals surface area contributed by atoms with Crippen LogP contribution in [0.3, 0.4) is 0 Å². The standard InChI is InChI=1S/C9H14N2O2/c1-2-11-5-7(12)10-8(9(11)13)6-3-4-6/h6,8H,2-5H2,1H3,(H,10,12). The van der Waals surface area contributed by atoms with E-state index in [1.54, 1.807) is 4.90 Å². The fourth-order valence-corrected chi connectivity index (χ4v) is 1.75. The predicted molar refractivity (Wildman–Crippen MR) is 46.9 cm³/mol. The zero-order valence-electron chi connectivity index (χ0n) is 7.75. The van der Waals surface area contributed by atoms with Gasteiger partial charge in [0.05, 0.1) is 6.54 Å². The third-order valence-electron chi connectivity index (χ3n) is 2.70. The molecular formula is C9H14N2O2. The summed E-state index contributed by atoms with van der Waals surface area (Å²) < 4.78 is 0. The highest BCUT2D eigenvalue weighted by Crippen LogP contribution is 2.34. The second kappa shape index (κ2) is 3.01. The van der Waals surface area contributed by atoms with Gasteiger partial charge in [-0.05, 0) is 25.7 Å². The van der Waals surface area contributed by atoms with E-state index >= 15 is 0 Å². The zero-order valence-corrected chi connectivity index (χ0v) is 7.75. The highest BCUT2D eigenvalue weighted by Gasteiger charge is 2.41. The normalized spacial score (nSPS) is 29.0. The molecule has 1 atom stereocenters. The lowest BCUT2D eigenvalue weighted by Gasteiger charge is -2.31. The second-order valence-corrected chi connectivity index (χ2v) is 3.74. The molecule has 1 aliphatic heterocycles.